The summed E-state index contributed by atoms with van der Waals surface area (Å²) in [5.74, 6) is -0.606. The summed E-state index contributed by atoms with van der Waals surface area (Å²) >= 11 is 0. The molecule has 2 heterocycles. The van der Waals surface area contributed by atoms with E-state index >= 15 is 0 Å². The zero-order chi connectivity index (χ0) is 16.2. The number of nitrogens with zero attached hydrogens (tertiary/aromatic N) is 2. The fraction of sp³-hybridized carbons (Fsp3) is 0.611. The van der Waals surface area contributed by atoms with Gasteiger partial charge in [-0.15, -0.1) is 0 Å². The van der Waals surface area contributed by atoms with Crippen molar-refractivity contribution in [1.29, 1.82) is 0 Å². The fourth-order valence-electron chi connectivity index (χ4n) is 3.70. The maximum absolute atomic E-state index is 13.7. The molecular formula is C18H24F2N2O. The van der Waals surface area contributed by atoms with E-state index in [2.05, 4.69) is 0 Å². The lowest BCUT2D eigenvalue weighted by atomic mass is 9.91. The van der Waals surface area contributed by atoms with Crippen molar-refractivity contribution < 1.29 is 13.6 Å². The summed E-state index contributed by atoms with van der Waals surface area (Å²) in [6, 6.07) is 4.15. The predicted molar refractivity (Wildman–Crippen MR) is 85.2 cm³/mol. The van der Waals surface area contributed by atoms with Crippen molar-refractivity contribution >= 4 is 6.03 Å². The van der Waals surface area contributed by atoms with Gasteiger partial charge in [-0.05, 0) is 56.6 Å². The first-order valence-corrected chi connectivity index (χ1v) is 8.62. The van der Waals surface area contributed by atoms with E-state index in [-0.39, 0.29) is 11.6 Å². The molecule has 1 aromatic carbocycles. The Balaban J connectivity index is 1.55. The van der Waals surface area contributed by atoms with Crippen LogP contribution in [-0.4, -0.2) is 42.0 Å². The Hall–Kier alpha value is -1.65. The number of piperidine rings is 1. The number of carbonyl (C=O) groups excluding carboxylic acids is 1. The molecule has 3 nitrogen and oxygen atoms in total. The largest absolute Gasteiger partial charge is 0.325 e. The molecule has 23 heavy (non-hydrogen) atoms. The van der Waals surface area contributed by atoms with Crippen LogP contribution in [0, 0.1) is 17.6 Å². The molecule has 126 valence electrons. The molecule has 0 aliphatic carbocycles. The lowest BCUT2D eigenvalue weighted by Gasteiger charge is -2.35. The van der Waals surface area contributed by atoms with Gasteiger partial charge in [-0.25, -0.2) is 13.6 Å². The van der Waals surface area contributed by atoms with Crippen LogP contribution in [0.2, 0.25) is 0 Å². The molecule has 0 spiro atoms. The maximum atomic E-state index is 13.7. The van der Waals surface area contributed by atoms with Crippen molar-refractivity contribution in [2.75, 3.05) is 26.2 Å². The predicted octanol–water partition coefficient (Wildman–Crippen LogP) is 3.83. The number of urea groups is 1. The Bertz CT molecular complexity index is 538. The summed E-state index contributed by atoms with van der Waals surface area (Å²) in [7, 11) is 0. The van der Waals surface area contributed by atoms with Crippen LogP contribution < -0.4 is 0 Å². The molecule has 2 aliphatic heterocycles. The summed E-state index contributed by atoms with van der Waals surface area (Å²) in [6.07, 6.45) is 5.31. The number of hydrogen-bond donors (Lipinski definition) is 0. The van der Waals surface area contributed by atoms with Crippen molar-refractivity contribution in [3.05, 3.63) is 35.4 Å². The van der Waals surface area contributed by atoms with Gasteiger partial charge in [0.25, 0.3) is 0 Å². The second-order valence-electron chi connectivity index (χ2n) is 6.67. The zero-order valence-electron chi connectivity index (χ0n) is 13.4. The van der Waals surface area contributed by atoms with Crippen LogP contribution in [0.5, 0.6) is 0 Å². The van der Waals surface area contributed by atoms with E-state index in [4.69, 9.17) is 0 Å². The SMILES string of the molecule is O=C(N1CCCC1)N1CCCC(CCc2c(F)cccc2F)C1. The first-order valence-electron chi connectivity index (χ1n) is 8.62. The minimum Gasteiger partial charge on any atom is -0.325 e. The molecule has 3 rings (SSSR count). The van der Waals surface area contributed by atoms with E-state index in [9.17, 15) is 13.6 Å². The highest BCUT2D eigenvalue weighted by Crippen LogP contribution is 2.25. The number of likely N-dealkylation sites (tertiary alicyclic amines) is 2. The smallest absolute Gasteiger partial charge is 0.320 e. The minimum atomic E-state index is -0.467. The van der Waals surface area contributed by atoms with E-state index in [1.807, 2.05) is 9.80 Å². The summed E-state index contributed by atoms with van der Waals surface area (Å²) in [4.78, 5) is 16.3. The van der Waals surface area contributed by atoms with Crippen LogP contribution in [0.4, 0.5) is 13.6 Å². The molecule has 0 N–H and O–H groups in total. The van der Waals surface area contributed by atoms with Gasteiger partial charge in [0.2, 0.25) is 0 Å². The number of amides is 2. The van der Waals surface area contributed by atoms with E-state index in [0.29, 0.717) is 18.9 Å². The highest BCUT2D eigenvalue weighted by Gasteiger charge is 2.28. The molecule has 0 radical (unpaired) electrons. The highest BCUT2D eigenvalue weighted by molar-refractivity contribution is 5.74. The van der Waals surface area contributed by atoms with Crippen LogP contribution in [0.25, 0.3) is 0 Å². The quantitative estimate of drug-likeness (QED) is 0.830. The third-order valence-corrected chi connectivity index (χ3v) is 5.03. The molecule has 2 fully saturated rings. The molecular weight excluding hydrogens is 298 g/mol. The van der Waals surface area contributed by atoms with Gasteiger partial charge in [0.05, 0.1) is 0 Å². The van der Waals surface area contributed by atoms with E-state index < -0.39 is 11.6 Å². The van der Waals surface area contributed by atoms with Crippen LogP contribution >= 0.6 is 0 Å². The molecule has 1 atom stereocenters. The monoisotopic (exact) mass is 322 g/mol. The molecule has 2 saturated heterocycles. The van der Waals surface area contributed by atoms with Gasteiger partial charge in [-0.3, -0.25) is 0 Å². The first-order chi connectivity index (χ1) is 11.1. The van der Waals surface area contributed by atoms with Crippen LogP contribution in [0.15, 0.2) is 18.2 Å². The van der Waals surface area contributed by atoms with Crippen molar-refractivity contribution in [2.24, 2.45) is 5.92 Å². The van der Waals surface area contributed by atoms with Gasteiger partial charge >= 0.3 is 6.03 Å². The standard InChI is InChI=1S/C18H24F2N2O/c19-16-6-3-7-17(20)15(16)9-8-14-5-4-12-22(13-14)18(23)21-10-1-2-11-21/h3,6-7,14H,1-2,4-5,8-13H2. The van der Waals surface area contributed by atoms with E-state index in [1.54, 1.807) is 0 Å². The number of rotatable bonds is 3. The average molecular weight is 322 g/mol. The average Bonchev–Trinajstić information content (AvgIpc) is 3.08. The van der Waals surface area contributed by atoms with Gasteiger partial charge in [0.1, 0.15) is 11.6 Å². The third-order valence-electron chi connectivity index (χ3n) is 5.03. The molecule has 5 heteroatoms. The molecule has 1 unspecified atom stereocenters. The molecule has 0 aromatic heterocycles. The summed E-state index contributed by atoms with van der Waals surface area (Å²) < 4.78 is 27.4. The van der Waals surface area contributed by atoms with Crippen molar-refractivity contribution in [3.8, 4) is 0 Å². The van der Waals surface area contributed by atoms with Crippen LogP contribution in [0.3, 0.4) is 0 Å². The van der Waals surface area contributed by atoms with Crippen LogP contribution in [0.1, 0.15) is 37.7 Å². The van der Waals surface area contributed by atoms with E-state index in [1.165, 1.54) is 18.2 Å². The molecule has 1 aromatic rings. The number of carbonyl (C=O) groups is 1. The molecule has 0 saturated carbocycles. The Morgan fingerprint density at radius 1 is 1.04 bits per heavy atom. The highest BCUT2D eigenvalue weighted by atomic mass is 19.1. The maximum Gasteiger partial charge on any atom is 0.320 e. The summed E-state index contributed by atoms with van der Waals surface area (Å²) in [5.41, 5.74) is 0.176. The van der Waals surface area contributed by atoms with Crippen molar-refractivity contribution in [1.82, 2.24) is 9.80 Å². The van der Waals surface area contributed by atoms with Gasteiger partial charge in [-0.2, -0.15) is 0 Å². The number of hydrogen-bond acceptors (Lipinski definition) is 1. The van der Waals surface area contributed by atoms with Gasteiger partial charge in [0, 0.05) is 31.7 Å². The normalized spacial score (nSPS) is 21.7. The summed E-state index contributed by atoms with van der Waals surface area (Å²) in [6.45, 7) is 3.24. The Labute approximate surface area is 136 Å². The van der Waals surface area contributed by atoms with E-state index in [0.717, 1.165) is 51.7 Å². The minimum absolute atomic E-state index is 0.143. The second-order valence-corrected chi connectivity index (χ2v) is 6.67. The lowest BCUT2D eigenvalue weighted by molar-refractivity contribution is 0.133. The van der Waals surface area contributed by atoms with Gasteiger partial charge < -0.3 is 9.80 Å². The van der Waals surface area contributed by atoms with Gasteiger partial charge in [0.15, 0.2) is 0 Å². The topological polar surface area (TPSA) is 23.6 Å². The van der Waals surface area contributed by atoms with Crippen LogP contribution in [-0.2, 0) is 6.42 Å². The van der Waals surface area contributed by atoms with Crippen molar-refractivity contribution in [2.45, 2.75) is 38.5 Å². The molecule has 2 amide bonds. The zero-order valence-corrected chi connectivity index (χ0v) is 13.4. The second kappa shape index (κ2) is 7.28. The van der Waals surface area contributed by atoms with Gasteiger partial charge in [-0.1, -0.05) is 6.07 Å². The molecule has 0 bridgehead atoms. The first kappa shape index (κ1) is 16.2. The Morgan fingerprint density at radius 3 is 2.39 bits per heavy atom. The fourth-order valence-corrected chi connectivity index (χ4v) is 3.70. The summed E-state index contributed by atoms with van der Waals surface area (Å²) in [5, 5.41) is 0. The lowest BCUT2D eigenvalue weighted by Crippen LogP contribution is -2.46. The Kier molecular flexibility index (Phi) is 5.13. The molecule has 2 aliphatic rings. The Morgan fingerprint density at radius 2 is 1.70 bits per heavy atom. The third kappa shape index (κ3) is 3.82. The number of halogens is 2. The van der Waals surface area contributed by atoms with Crippen molar-refractivity contribution in [3.63, 3.8) is 0 Å². The number of benzene rings is 1.